The molecule has 1 rings (SSSR count). The van der Waals surface area contributed by atoms with E-state index in [1.54, 1.807) is 7.11 Å². The summed E-state index contributed by atoms with van der Waals surface area (Å²) in [6, 6.07) is 3.57. The van der Waals surface area contributed by atoms with Gasteiger partial charge in [-0.25, -0.2) is 0 Å². The van der Waals surface area contributed by atoms with Crippen LogP contribution in [0.5, 0.6) is 0 Å². The molecule has 1 N–H and O–H groups in total. The number of hydrogen-bond donors (Lipinski definition) is 1. The van der Waals surface area contributed by atoms with E-state index in [9.17, 15) is 13.2 Å². The largest absolute Gasteiger partial charge is 0.416 e. The minimum atomic E-state index is -4.31. The van der Waals surface area contributed by atoms with Crippen LogP contribution in [-0.4, -0.2) is 20.3 Å². The Bertz CT molecular complexity index is 382. The number of alkyl halides is 3. The normalized spacial score (nSPS) is 11.6. The predicted molar refractivity (Wildman–Crippen MR) is 68.7 cm³/mol. The number of nitrogens with one attached hydrogen (secondary N) is 1. The number of unbranched alkanes of at least 4 members (excludes halogenated alkanes) is 1. The van der Waals surface area contributed by atoms with Crippen molar-refractivity contribution in [2.24, 2.45) is 0 Å². The van der Waals surface area contributed by atoms with E-state index in [1.165, 1.54) is 6.07 Å². The molecule has 102 valence electrons. The molecule has 6 heteroatoms. The minimum absolute atomic E-state index is 0.460. The summed E-state index contributed by atoms with van der Waals surface area (Å²) in [7, 11) is 1.62. The number of benzene rings is 1. The van der Waals surface area contributed by atoms with Crippen molar-refractivity contribution in [2.75, 3.05) is 25.6 Å². The molecular weight excluding hydrogens is 311 g/mol. The lowest BCUT2D eigenvalue weighted by Gasteiger charge is -2.12. The van der Waals surface area contributed by atoms with Gasteiger partial charge in [0.2, 0.25) is 0 Å². The van der Waals surface area contributed by atoms with Crippen molar-refractivity contribution in [2.45, 2.75) is 19.0 Å². The van der Waals surface area contributed by atoms with Gasteiger partial charge in [-0.2, -0.15) is 13.2 Å². The lowest BCUT2D eigenvalue weighted by Crippen LogP contribution is -2.08. The lowest BCUT2D eigenvalue weighted by molar-refractivity contribution is -0.137. The second-order valence-corrected chi connectivity index (χ2v) is 4.67. The van der Waals surface area contributed by atoms with Crippen molar-refractivity contribution < 1.29 is 17.9 Å². The number of hydrogen-bond acceptors (Lipinski definition) is 2. The first kappa shape index (κ1) is 15.3. The van der Waals surface area contributed by atoms with E-state index < -0.39 is 11.7 Å². The molecular formula is C12H15BrF3NO. The van der Waals surface area contributed by atoms with E-state index in [0.717, 1.165) is 25.0 Å². The number of anilines is 1. The summed E-state index contributed by atoms with van der Waals surface area (Å²) in [5.74, 6) is 0. The van der Waals surface area contributed by atoms with Gasteiger partial charge in [0.05, 0.1) is 5.56 Å². The van der Waals surface area contributed by atoms with Crippen molar-refractivity contribution in [1.82, 2.24) is 0 Å². The summed E-state index contributed by atoms with van der Waals surface area (Å²) in [6.07, 6.45) is -2.59. The monoisotopic (exact) mass is 325 g/mol. The van der Waals surface area contributed by atoms with Gasteiger partial charge in [-0.15, -0.1) is 0 Å². The molecule has 0 aliphatic heterocycles. The number of rotatable bonds is 6. The van der Waals surface area contributed by atoms with Crippen LogP contribution in [0, 0.1) is 0 Å². The van der Waals surface area contributed by atoms with Crippen LogP contribution in [0.4, 0.5) is 18.9 Å². The molecule has 0 spiro atoms. The highest BCUT2D eigenvalue weighted by Crippen LogP contribution is 2.33. The summed E-state index contributed by atoms with van der Waals surface area (Å²) in [5.41, 5.74) is -0.188. The Morgan fingerprint density at radius 3 is 2.61 bits per heavy atom. The standard InChI is InChI=1S/C12H15BrF3NO/c1-18-7-3-2-6-17-11-8-9(12(14,15)16)4-5-10(11)13/h4-5,8,17H,2-3,6-7H2,1H3. The summed E-state index contributed by atoms with van der Waals surface area (Å²) in [4.78, 5) is 0. The molecule has 18 heavy (non-hydrogen) atoms. The topological polar surface area (TPSA) is 21.3 Å². The fraction of sp³-hybridized carbons (Fsp3) is 0.500. The highest BCUT2D eigenvalue weighted by Gasteiger charge is 2.30. The van der Waals surface area contributed by atoms with Gasteiger partial charge in [-0.1, -0.05) is 0 Å². The van der Waals surface area contributed by atoms with Gasteiger partial charge >= 0.3 is 6.18 Å². The van der Waals surface area contributed by atoms with Crippen LogP contribution in [0.1, 0.15) is 18.4 Å². The van der Waals surface area contributed by atoms with Crippen molar-refractivity contribution in [3.8, 4) is 0 Å². The highest BCUT2D eigenvalue weighted by atomic mass is 79.9. The molecule has 0 aliphatic carbocycles. The maximum absolute atomic E-state index is 12.5. The van der Waals surface area contributed by atoms with Gasteiger partial charge in [0, 0.05) is 30.4 Å². The first-order valence-electron chi connectivity index (χ1n) is 5.54. The smallest absolute Gasteiger partial charge is 0.385 e. The van der Waals surface area contributed by atoms with Crippen molar-refractivity contribution in [3.05, 3.63) is 28.2 Å². The third kappa shape index (κ3) is 4.86. The fourth-order valence-electron chi connectivity index (χ4n) is 1.43. The molecule has 0 radical (unpaired) electrons. The Hall–Kier alpha value is -0.750. The van der Waals surface area contributed by atoms with Crippen molar-refractivity contribution >= 4 is 21.6 Å². The Balaban J connectivity index is 2.59. The quantitative estimate of drug-likeness (QED) is 0.787. The van der Waals surface area contributed by atoms with Crippen LogP contribution in [-0.2, 0) is 10.9 Å². The molecule has 0 amide bonds. The molecule has 1 aromatic carbocycles. The van der Waals surface area contributed by atoms with E-state index in [2.05, 4.69) is 21.2 Å². The molecule has 0 fully saturated rings. The van der Waals surface area contributed by atoms with Gasteiger partial charge in [-0.3, -0.25) is 0 Å². The number of methoxy groups -OCH3 is 1. The van der Waals surface area contributed by atoms with E-state index in [0.29, 0.717) is 23.3 Å². The molecule has 0 bridgehead atoms. The Kier molecular flexibility index (Phi) is 5.95. The zero-order valence-electron chi connectivity index (χ0n) is 9.98. The average Bonchev–Trinajstić information content (AvgIpc) is 2.29. The average molecular weight is 326 g/mol. The molecule has 0 unspecified atom stereocenters. The molecule has 1 aromatic rings. The van der Waals surface area contributed by atoms with Crippen LogP contribution in [0.25, 0.3) is 0 Å². The molecule has 0 aromatic heterocycles. The second kappa shape index (κ2) is 6.99. The maximum atomic E-state index is 12.5. The molecule has 0 aliphatic rings. The van der Waals surface area contributed by atoms with E-state index in [4.69, 9.17) is 4.74 Å². The lowest BCUT2D eigenvalue weighted by atomic mass is 10.2. The van der Waals surface area contributed by atoms with Crippen LogP contribution in [0.15, 0.2) is 22.7 Å². The summed E-state index contributed by atoms with van der Waals surface area (Å²) < 4.78 is 43.1. The molecule has 0 saturated heterocycles. The predicted octanol–water partition coefficient (Wildman–Crippen LogP) is 4.31. The van der Waals surface area contributed by atoms with Crippen LogP contribution < -0.4 is 5.32 Å². The number of ether oxygens (including phenoxy) is 1. The SMILES string of the molecule is COCCCCNc1cc(C(F)(F)F)ccc1Br. The Morgan fingerprint density at radius 1 is 1.28 bits per heavy atom. The first-order valence-corrected chi connectivity index (χ1v) is 6.34. The van der Waals surface area contributed by atoms with E-state index >= 15 is 0 Å². The van der Waals surface area contributed by atoms with Crippen LogP contribution in [0.3, 0.4) is 0 Å². The third-order valence-electron chi connectivity index (χ3n) is 2.38. The Morgan fingerprint density at radius 2 is 2.00 bits per heavy atom. The van der Waals surface area contributed by atoms with Gasteiger partial charge in [0.25, 0.3) is 0 Å². The zero-order chi connectivity index (χ0) is 13.6. The minimum Gasteiger partial charge on any atom is -0.385 e. The van der Waals surface area contributed by atoms with Crippen LogP contribution in [0.2, 0.25) is 0 Å². The van der Waals surface area contributed by atoms with Gasteiger partial charge in [0.1, 0.15) is 0 Å². The van der Waals surface area contributed by atoms with E-state index in [-0.39, 0.29) is 0 Å². The van der Waals surface area contributed by atoms with Gasteiger partial charge in [0.15, 0.2) is 0 Å². The summed E-state index contributed by atoms with van der Waals surface area (Å²) in [5, 5.41) is 2.98. The second-order valence-electron chi connectivity index (χ2n) is 3.82. The fourth-order valence-corrected chi connectivity index (χ4v) is 1.82. The summed E-state index contributed by atoms with van der Waals surface area (Å²) >= 11 is 3.23. The molecule has 0 heterocycles. The zero-order valence-corrected chi connectivity index (χ0v) is 11.6. The van der Waals surface area contributed by atoms with Gasteiger partial charge < -0.3 is 10.1 Å². The summed E-state index contributed by atoms with van der Waals surface area (Å²) in [6.45, 7) is 1.27. The Labute approximate surface area is 113 Å². The van der Waals surface area contributed by atoms with E-state index in [1.807, 2.05) is 0 Å². The highest BCUT2D eigenvalue weighted by molar-refractivity contribution is 9.10. The van der Waals surface area contributed by atoms with Gasteiger partial charge in [-0.05, 0) is 47.0 Å². The first-order chi connectivity index (χ1) is 8.45. The third-order valence-corrected chi connectivity index (χ3v) is 3.08. The van der Waals surface area contributed by atoms with Crippen molar-refractivity contribution in [1.29, 1.82) is 0 Å². The maximum Gasteiger partial charge on any atom is 0.416 e. The number of halogens is 4. The van der Waals surface area contributed by atoms with Crippen LogP contribution >= 0.6 is 15.9 Å². The molecule has 0 atom stereocenters. The molecule has 0 saturated carbocycles. The van der Waals surface area contributed by atoms with Crippen molar-refractivity contribution in [3.63, 3.8) is 0 Å². The molecule has 2 nitrogen and oxygen atoms in total.